The molecule has 0 atom stereocenters. The van der Waals surface area contributed by atoms with Gasteiger partial charge < -0.3 is 8.98 Å². The minimum Gasteiger partial charge on any atom is -0.421 e. The summed E-state index contributed by atoms with van der Waals surface area (Å²) in [5.41, 5.74) is 3.21. The Kier molecular flexibility index (Phi) is 5.34. The number of para-hydroxylation sites is 1. The van der Waals surface area contributed by atoms with Crippen LogP contribution >= 0.6 is 0 Å². The maximum Gasteiger partial charge on any atom is 0.281 e. The van der Waals surface area contributed by atoms with Gasteiger partial charge in [0.05, 0.1) is 17.3 Å². The van der Waals surface area contributed by atoms with Gasteiger partial charge in [0.1, 0.15) is 5.82 Å². The van der Waals surface area contributed by atoms with E-state index in [9.17, 15) is 9.18 Å². The second-order valence-corrected chi connectivity index (χ2v) is 7.92. The Hall–Kier alpha value is -4.07. The third-order valence-electron chi connectivity index (χ3n) is 5.87. The lowest BCUT2D eigenvalue weighted by Crippen LogP contribution is -2.21. The lowest BCUT2D eigenvalue weighted by molar-refractivity contribution is 0.483. The van der Waals surface area contributed by atoms with Crippen LogP contribution in [0.4, 0.5) is 4.39 Å². The molecule has 0 amide bonds. The highest BCUT2D eigenvalue weighted by Crippen LogP contribution is 2.24. The molecule has 0 bridgehead atoms. The molecule has 3 aromatic heterocycles. The van der Waals surface area contributed by atoms with Crippen LogP contribution in [0.15, 0.2) is 70.0 Å². The fourth-order valence-corrected chi connectivity index (χ4v) is 4.15. The maximum absolute atomic E-state index is 13.2. The summed E-state index contributed by atoms with van der Waals surface area (Å²) in [6.07, 6.45) is 3.11. The van der Waals surface area contributed by atoms with Crippen molar-refractivity contribution in [1.82, 2.24) is 24.5 Å². The summed E-state index contributed by atoms with van der Waals surface area (Å²) < 4.78 is 22.4. The van der Waals surface area contributed by atoms with Crippen molar-refractivity contribution in [3.8, 4) is 17.1 Å². The van der Waals surface area contributed by atoms with Crippen molar-refractivity contribution in [2.45, 2.75) is 33.2 Å². The van der Waals surface area contributed by atoms with Crippen molar-refractivity contribution in [3.63, 3.8) is 0 Å². The van der Waals surface area contributed by atoms with Crippen LogP contribution in [0.5, 0.6) is 0 Å². The fourth-order valence-electron chi connectivity index (χ4n) is 4.15. The van der Waals surface area contributed by atoms with E-state index in [1.165, 1.54) is 16.8 Å². The lowest BCUT2D eigenvalue weighted by atomic mass is 10.2. The monoisotopic (exact) mass is 443 g/mol. The summed E-state index contributed by atoms with van der Waals surface area (Å²) in [5, 5.41) is 14.1. The Labute approximate surface area is 189 Å². The molecule has 166 valence electrons. The van der Waals surface area contributed by atoms with Gasteiger partial charge in [-0.15, -0.1) is 10.2 Å². The summed E-state index contributed by atoms with van der Waals surface area (Å²) in [6, 6.07) is 15.4. The zero-order valence-electron chi connectivity index (χ0n) is 18.3. The van der Waals surface area contributed by atoms with Gasteiger partial charge in [0.2, 0.25) is 11.8 Å². The molecule has 0 aliphatic heterocycles. The second kappa shape index (κ2) is 8.46. The van der Waals surface area contributed by atoms with Gasteiger partial charge in [-0.2, -0.15) is 9.78 Å². The van der Waals surface area contributed by atoms with Crippen LogP contribution < -0.4 is 5.56 Å². The molecule has 3 heterocycles. The molecule has 7 nitrogen and oxygen atoms in total. The first-order chi connectivity index (χ1) is 16.0. The number of hydrogen-bond acceptors (Lipinski definition) is 5. The summed E-state index contributed by atoms with van der Waals surface area (Å²) in [5.74, 6) is 0.583. The molecule has 0 N–H and O–H groups in total. The SMILES string of the molecule is Cc1c2cnn(-c3ccccc3)c(=O)c2c(C)n1CCCc1nnc(-c2ccc(F)cc2)o1. The maximum atomic E-state index is 13.2. The molecule has 33 heavy (non-hydrogen) atoms. The summed E-state index contributed by atoms with van der Waals surface area (Å²) in [6.45, 7) is 4.67. The quantitative estimate of drug-likeness (QED) is 0.382. The van der Waals surface area contributed by atoms with E-state index in [1.807, 2.05) is 44.2 Å². The van der Waals surface area contributed by atoms with Gasteiger partial charge in [-0.05, 0) is 56.7 Å². The molecule has 5 rings (SSSR count). The van der Waals surface area contributed by atoms with E-state index >= 15 is 0 Å². The lowest BCUT2D eigenvalue weighted by Gasteiger charge is -2.07. The third-order valence-corrected chi connectivity index (χ3v) is 5.87. The largest absolute Gasteiger partial charge is 0.421 e. The summed E-state index contributed by atoms with van der Waals surface area (Å²) >= 11 is 0. The van der Waals surface area contributed by atoms with Crippen LogP contribution in [-0.4, -0.2) is 24.5 Å². The van der Waals surface area contributed by atoms with E-state index in [-0.39, 0.29) is 11.4 Å². The number of fused-ring (bicyclic) bond motifs is 1. The van der Waals surface area contributed by atoms with Crippen LogP contribution in [0.25, 0.3) is 27.9 Å². The molecule has 0 saturated heterocycles. The van der Waals surface area contributed by atoms with E-state index in [0.717, 1.165) is 28.9 Å². The molecule has 0 aliphatic rings. The van der Waals surface area contributed by atoms with Crippen molar-refractivity contribution < 1.29 is 8.81 Å². The highest BCUT2D eigenvalue weighted by molar-refractivity contribution is 5.87. The van der Waals surface area contributed by atoms with Crippen molar-refractivity contribution >= 4 is 10.8 Å². The van der Waals surface area contributed by atoms with Gasteiger partial charge in [0.25, 0.3) is 5.56 Å². The number of benzene rings is 2. The van der Waals surface area contributed by atoms with Gasteiger partial charge in [-0.25, -0.2) is 4.39 Å². The van der Waals surface area contributed by atoms with Gasteiger partial charge in [0.15, 0.2) is 0 Å². The first kappa shape index (κ1) is 20.8. The Balaban J connectivity index is 1.36. The van der Waals surface area contributed by atoms with Crippen LogP contribution in [0.2, 0.25) is 0 Å². The molecule has 0 aliphatic carbocycles. The number of hydrogen-bond donors (Lipinski definition) is 0. The minimum atomic E-state index is -0.311. The predicted molar refractivity (Wildman–Crippen MR) is 123 cm³/mol. The highest BCUT2D eigenvalue weighted by Gasteiger charge is 2.17. The Morgan fingerprint density at radius 1 is 0.970 bits per heavy atom. The average Bonchev–Trinajstić information content (AvgIpc) is 3.39. The number of rotatable bonds is 6. The van der Waals surface area contributed by atoms with E-state index in [0.29, 0.717) is 35.7 Å². The number of aryl methyl sites for hydroxylation is 3. The van der Waals surface area contributed by atoms with Gasteiger partial charge in [0, 0.05) is 35.3 Å². The Morgan fingerprint density at radius 2 is 1.73 bits per heavy atom. The van der Waals surface area contributed by atoms with Crippen LogP contribution in [0, 0.1) is 19.7 Å². The molecular weight excluding hydrogens is 421 g/mol. The van der Waals surface area contributed by atoms with Gasteiger partial charge in [-0.3, -0.25) is 4.79 Å². The summed E-state index contributed by atoms with van der Waals surface area (Å²) in [4.78, 5) is 13.2. The van der Waals surface area contributed by atoms with E-state index < -0.39 is 0 Å². The van der Waals surface area contributed by atoms with Crippen LogP contribution in [0.3, 0.4) is 0 Å². The van der Waals surface area contributed by atoms with Gasteiger partial charge in [-0.1, -0.05) is 18.2 Å². The molecule has 0 spiro atoms. The van der Waals surface area contributed by atoms with Crippen LogP contribution in [0.1, 0.15) is 23.7 Å². The molecule has 0 radical (unpaired) electrons. The van der Waals surface area contributed by atoms with E-state index in [1.54, 1.807) is 18.3 Å². The normalized spacial score (nSPS) is 11.4. The molecule has 8 heteroatoms. The number of aromatic nitrogens is 5. The standard InChI is InChI=1S/C25H22FN5O2/c1-16-21-15-27-31(20-7-4-3-5-8-20)25(32)23(21)17(2)30(16)14-6-9-22-28-29-24(33-22)18-10-12-19(26)13-11-18/h3-5,7-8,10-13,15H,6,9,14H2,1-2H3. The summed E-state index contributed by atoms with van der Waals surface area (Å²) in [7, 11) is 0. The van der Waals surface area contributed by atoms with Crippen molar-refractivity contribution in [2.24, 2.45) is 0 Å². The van der Waals surface area contributed by atoms with Crippen molar-refractivity contribution in [1.29, 1.82) is 0 Å². The zero-order valence-corrected chi connectivity index (χ0v) is 18.3. The third kappa shape index (κ3) is 3.84. The fraction of sp³-hybridized carbons (Fsp3) is 0.200. The predicted octanol–water partition coefficient (Wildman–Crippen LogP) is 4.63. The molecule has 5 aromatic rings. The molecule has 2 aromatic carbocycles. The van der Waals surface area contributed by atoms with E-state index in [2.05, 4.69) is 19.9 Å². The average molecular weight is 443 g/mol. The molecular formula is C25H22FN5O2. The number of halogens is 1. The molecule has 0 saturated carbocycles. The van der Waals surface area contributed by atoms with Crippen LogP contribution in [-0.2, 0) is 13.0 Å². The number of nitrogens with zero attached hydrogens (tertiary/aromatic N) is 5. The first-order valence-corrected chi connectivity index (χ1v) is 10.7. The van der Waals surface area contributed by atoms with E-state index in [4.69, 9.17) is 4.42 Å². The second-order valence-electron chi connectivity index (χ2n) is 7.92. The van der Waals surface area contributed by atoms with Crippen molar-refractivity contribution in [3.05, 3.63) is 94.2 Å². The molecule has 0 fully saturated rings. The Bertz CT molecular complexity index is 1480. The first-order valence-electron chi connectivity index (χ1n) is 10.7. The smallest absolute Gasteiger partial charge is 0.281 e. The molecule has 0 unspecified atom stereocenters. The topological polar surface area (TPSA) is 78.7 Å². The minimum absolute atomic E-state index is 0.126. The zero-order chi connectivity index (χ0) is 22.9. The highest BCUT2D eigenvalue weighted by atomic mass is 19.1. The van der Waals surface area contributed by atoms with Crippen molar-refractivity contribution in [2.75, 3.05) is 0 Å². The Morgan fingerprint density at radius 3 is 2.48 bits per heavy atom. The van der Waals surface area contributed by atoms with Gasteiger partial charge >= 0.3 is 0 Å².